The van der Waals surface area contributed by atoms with Crippen molar-refractivity contribution in [3.05, 3.63) is 24.4 Å². The SMILES string of the molecule is CCO/C=C(/OCC)O/C(=C\OCC)OCC. The minimum Gasteiger partial charge on any atom is -0.494 e. The van der Waals surface area contributed by atoms with E-state index in [9.17, 15) is 0 Å². The van der Waals surface area contributed by atoms with Gasteiger partial charge in [0.05, 0.1) is 26.4 Å². The number of ether oxygens (including phenoxy) is 5. The van der Waals surface area contributed by atoms with Gasteiger partial charge in [-0.1, -0.05) is 0 Å². The molecule has 0 rings (SSSR count). The largest absolute Gasteiger partial charge is 0.494 e. The molecule has 0 aliphatic rings. The average molecular weight is 246 g/mol. The van der Waals surface area contributed by atoms with E-state index in [4.69, 9.17) is 23.7 Å². The molecular formula is C12H22O5. The molecule has 0 aliphatic heterocycles. The standard InChI is InChI=1S/C12H22O5/c1-5-13-9-11(15-7-3)17-12(16-8-4)10-14-6-2/h9-10H,5-8H2,1-4H3/b11-9-,12-10-. The van der Waals surface area contributed by atoms with Crippen LogP contribution in [0.5, 0.6) is 0 Å². The average Bonchev–Trinajstić information content (AvgIpc) is 2.33. The smallest absolute Gasteiger partial charge is 0.323 e. The Morgan fingerprint density at radius 2 is 1.12 bits per heavy atom. The van der Waals surface area contributed by atoms with Crippen LogP contribution < -0.4 is 0 Å². The van der Waals surface area contributed by atoms with Gasteiger partial charge in [0.1, 0.15) is 0 Å². The molecule has 0 amide bonds. The first-order chi connectivity index (χ1) is 8.28. The third-order valence-electron chi connectivity index (χ3n) is 1.47. The zero-order valence-electron chi connectivity index (χ0n) is 11.0. The Hall–Kier alpha value is -1.52. The second-order valence-corrected chi connectivity index (χ2v) is 2.75. The van der Waals surface area contributed by atoms with Gasteiger partial charge >= 0.3 is 11.9 Å². The Morgan fingerprint density at radius 1 is 0.706 bits per heavy atom. The van der Waals surface area contributed by atoms with Crippen LogP contribution in [0.4, 0.5) is 0 Å². The summed E-state index contributed by atoms with van der Waals surface area (Å²) < 4.78 is 26.0. The van der Waals surface area contributed by atoms with E-state index in [1.165, 1.54) is 12.5 Å². The van der Waals surface area contributed by atoms with Crippen molar-refractivity contribution in [1.82, 2.24) is 0 Å². The summed E-state index contributed by atoms with van der Waals surface area (Å²) in [5, 5.41) is 0. The molecule has 0 N–H and O–H groups in total. The molecule has 0 aromatic carbocycles. The molecule has 100 valence electrons. The Balaban J connectivity index is 4.43. The molecule has 0 aromatic rings. The van der Waals surface area contributed by atoms with E-state index in [1.807, 2.05) is 27.7 Å². The molecule has 0 saturated heterocycles. The van der Waals surface area contributed by atoms with Crippen LogP contribution in [0.25, 0.3) is 0 Å². The maximum atomic E-state index is 5.36. The molecule has 17 heavy (non-hydrogen) atoms. The van der Waals surface area contributed by atoms with Crippen LogP contribution >= 0.6 is 0 Å². The Kier molecular flexibility index (Phi) is 10.00. The summed E-state index contributed by atoms with van der Waals surface area (Å²) in [6.45, 7) is 9.50. The summed E-state index contributed by atoms with van der Waals surface area (Å²) in [5.41, 5.74) is 0. The highest BCUT2D eigenvalue weighted by Gasteiger charge is 2.06. The van der Waals surface area contributed by atoms with E-state index >= 15 is 0 Å². The predicted molar refractivity (Wildman–Crippen MR) is 63.8 cm³/mol. The third kappa shape index (κ3) is 8.30. The molecule has 5 nitrogen and oxygen atoms in total. The normalized spacial score (nSPS) is 12.0. The van der Waals surface area contributed by atoms with E-state index in [0.717, 1.165) is 0 Å². The van der Waals surface area contributed by atoms with Crippen LogP contribution in [0, 0.1) is 0 Å². The first kappa shape index (κ1) is 15.5. The zero-order valence-corrected chi connectivity index (χ0v) is 11.0. The van der Waals surface area contributed by atoms with Crippen molar-refractivity contribution < 1.29 is 23.7 Å². The van der Waals surface area contributed by atoms with Crippen molar-refractivity contribution in [2.45, 2.75) is 27.7 Å². The van der Waals surface area contributed by atoms with E-state index in [1.54, 1.807) is 0 Å². The summed E-state index contributed by atoms with van der Waals surface area (Å²) >= 11 is 0. The Labute approximate surface area is 103 Å². The van der Waals surface area contributed by atoms with Gasteiger partial charge in [-0.05, 0) is 27.7 Å². The van der Waals surface area contributed by atoms with Gasteiger partial charge in [0.2, 0.25) is 0 Å². The van der Waals surface area contributed by atoms with Gasteiger partial charge in [0.15, 0.2) is 12.5 Å². The highest BCUT2D eigenvalue weighted by atomic mass is 16.8. The topological polar surface area (TPSA) is 46.2 Å². The van der Waals surface area contributed by atoms with Crippen LogP contribution in [0.15, 0.2) is 24.4 Å². The molecule has 0 spiro atoms. The van der Waals surface area contributed by atoms with Crippen LogP contribution in [-0.4, -0.2) is 26.4 Å². The maximum Gasteiger partial charge on any atom is 0.323 e. The minimum absolute atomic E-state index is 0.244. The van der Waals surface area contributed by atoms with Crippen LogP contribution in [0.2, 0.25) is 0 Å². The minimum atomic E-state index is 0.244. The van der Waals surface area contributed by atoms with Crippen LogP contribution in [0.3, 0.4) is 0 Å². The monoisotopic (exact) mass is 246 g/mol. The molecule has 0 saturated carbocycles. The first-order valence-electron chi connectivity index (χ1n) is 5.85. The van der Waals surface area contributed by atoms with Gasteiger partial charge in [-0.15, -0.1) is 0 Å². The molecule has 5 heteroatoms. The molecule has 0 fully saturated rings. The van der Waals surface area contributed by atoms with Crippen molar-refractivity contribution in [3.63, 3.8) is 0 Å². The second-order valence-electron chi connectivity index (χ2n) is 2.75. The van der Waals surface area contributed by atoms with Crippen molar-refractivity contribution in [2.24, 2.45) is 0 Å². The van der Waals surface area contributed by atoms with E-state index < -0.39 is 0 Å². The molecule has 0 radical (unpaired) electrons. The molecular weight excluding hydrogens is 224 g/mol. The van der Waals surface area contributed by atoms with Crippen molar-refractivity contribution in [1.29, 1.82) is 0 Å². The number of hydrogen-bond donors (Lipinski definition) is 0. The van der Waals surface area contributed by atoms with Crippen molar-refractivity contribution in [3.8, 4) is 0 Å². The Morgan fingerprint density at radius 3 is 1.41 bits per heavy atom. The molecule has 0 aromatic heterocycles. The predicted octanol–water partition coefficient (Wildman–Crippen LogP) is 2.75. The summed E-state index contributed by atoms with van der Waals surface area (Å²) in [6.07, 6.45) is 2.81. The fraction of sp³-hybridized carbons (Fsp3) is 0.667. The Bertz CT molecular complexity index is 211. The van der Waals surface area contributed by atoms with Gasteiger partial charge in [-0.2, -0.15) is 0 Å². The lowest BCUT2D eigenvalue weighted by molar-refractivity contribution is -0.0153. The molecule has 0 heterocycles. The third-order valence-corrected chi connectivity index (χ3v) is 1.47. The van der Waals surface area contributed by atoms with E-state index in [0.29, 0.717) is 26.4 Å². The summed E-state index contributed by atoms with van der Waals surface area (Å²) in [5.74, 6) is 0.488. The molecule has 0 atom stereocenters. The van der Waals surface area contributed by atoms with Gasteiger partial charge < -0.3 is 23.7 Å². The lowest BCUT2D eigenvalue weighted by Crippen LogP contribution is -2.03. The van der Waals surface area contributed by atoms with E-state index in [-0.39, 0.29) is 11.9 Å². The highest BCUT2D eigenvalue weighted by Crippen LogP contribution is 2.10. The molecule has 0 unspecified atom stereocenters. The van der Waals surface area contributed by atoms with Gasteiger partial charge in [0.25, 0.3) is 0 Å². The van der Waals surface area contributed by atoms with Gasteiger partial charge in [-0.25, -0.2) is 0 Å². The van der Waals surface area contributed by atoms with Crippen molar-refractivity contribution >= 4 is 0 Å². The zero-order chi connectivity index (χ0) is 12.9. The quantitative estimate of drug-likeness (QED) is 0.555. The van der Waals surface area contributed by atoms with Crippen molar-refractivity contribution in [2.75, 3.05) is 26.4 Å². The van der Waals surface area contributed by atoms with Gasteiger partial charge in [0, 0.05) is 0 Å². The van der Waals surface area contributed by atoms with Gasteiger partial charge in [-0.3, -0.25) is 0 Å². The fourth-order valence-electron chi connectivity index (χ4n) is 0.861. The molecule has 0 aliphatic carbocycles. The number of hydrogen-bond acceptors (Lipinski definition) is 5. The summed E-state index contributed by atoms with van der Waals surface area (Å²) in [7, 11) is 0. The molecule has 0 bridgehead atoms. The first-order valence-corrected chi connectivity index (χ1v) is 5.85. The fourth-order valence-corrected chi connectivity index (χ4v) is 0.861. The van der Waals surface area contributed by atoms with E-state index in [2.05, 4.69) is 0 Å². The van der Waals surface area contributed by atoms with Crippen LogP contribution in [-0.2, 0) is 23.7 Å². The number of rotatable bonds is 10. The van der Waals surface area contributed by atoms with Crippen LogP contribution in [0.1, 0.15) is 27.7 Å². The lowest BCUT2D eigenvalue weighted by atomic mass is 10.8. The summed E-state index contributed by atoms with van der Waals surface area (Å²) in [6, 6.07) is 0. The summed E-state index contributed by atoms with van der Waals surface area (Å²) in [4.78, 5) is 0. The highest BCUT2D eigenvalue weighted by molar-refractivity contribution is 4.86. The maximum absolute atomic E-state index is 5.36. The lowest BCUT2D eigenvalue weighted by Gasteiger charge is -2.12. The second kappa shape index (κ2) is 11.0.